The zero-order valence-electron chi connectivity index (χ0n) is 13.5. The van der Waals surface area contributed by atoms with Gasteiger partial charge >= 0.3 is 6.55 Å². The minimum atomic E-state index is -2.78. The second-order valence-corrected chi connectivity index (χ2v) is 6.83. The van der Waals surface area contributed by atoms with E-state index in [1.54, 1.807) is 36.4 Å². The van der Waals surface area contributed by atoms with E-state index < -0.39 is 12.1 Å². The summed E-state index contributed by atoms with van der Waals surface area (Å²) in [5.41, 5.74) is 2.40. The summed E-state index contributed by atoms with van der Waals surface area (Å²) in [6.45, 7) is -0.930. The van der Waals surface area contributed by atoms with Gasteiger partial charge in [0.25, 0.3) is 0 Å². The fourth-order valence-corrected chi connectivity index (χ4v) is 3.93. The molecular formula is C19H12Cl2F2N2O. The Labute approximate surface area is 156 Å². The molecule has 0 amide bonds. The number of nitrogens with one attached hydrogen (secondary N) is 1. The highest BCUT2D eigenvalue weighted by molar-refractivity contribution is 6.36. The molecule has 0 bridgehead atoms. The van der Waals surface area contributed by atoms with Crippen LogP contribution in [0.4, 0.5) is 8.78 Å². The number of aryl methyl sites for hydroxylation is 1. The van der Waals surface area contributed by atoms with Gasteiger partial charge in [0.2, 0.25) is 5.56 Å². The van der Waals surface area contributed by atoms with Crippen LogP contribution in [0.3, 0.4) is 0 Å². The van der Waals surface area contributed by atoms with E-state index in [1.165, 1.54) is 6.07 Å². The Balaban J connectivity index is 2.13. The van der Waals surface area contributed by atoms with Gasteiger partial charge in [0.05, 0.1) is 5.52 Å². The van der Waals surface area contributed by atoms with E-state index in [-0.39, 0.29) is 5.65 Å². The Morgan fingerprint density at radius 1 is 1.04 bits per heavy atom. The monoisotopic (exact) mass is 392 g/mol. The summed E-state index contributed by atoms with van der Waals surface area (Å²) < 4.78 is 28.2. The molecule has 0 aliphatic heterocycles. The molecule has 0 spiro atoms. The molecule has 0 aliphatic carbocycles. The molecule has 132 valence electrons. The van der Waals surface area contributed by atoms with Gasteiger partial charge in [0.1, 0.15) is 5.65 Å². The number of halogens is 4. The molecule has 0 radical (unpaired) electrons. The molecule has 0 saturated carbocycles. The molecule has 0 saturated heterocycles. The van der Waals surface area contributed by atoms with Gasteiger partial charge in [-0.3, -0.25) is 9.36 Å². The Bertz CT molecular complexity index is 1230. The molecular weight excluding hydrogens is 381 g/mol. The van der Waals surface area contributed by atoms with Crippen molar-refractivity contribution >= 4 is 45.1 Å². The molecule has 4 aromatic rings. The lowest BCUT2D eigenvalue weighted by molar-refractivity contribution is 0.0790. The van der Waals surface area contributed by atoms with Gasteiger partial charge < -0.3 is 4.98 Å². The summed E-state index contributed by atoms with van der Waals surface area (Å²) in [6.07, 6.45) is 0. The number of alkyl halides is 2. The van der Waals surface area contributed by atoms with Crippen molar-refractivity contribution in [2.24, 2.45) is 0 Å². The number of nitrogens with zero attached hydrogens (tertiary/aromatic N) is 1. The Morgan fingerprint density at radius 2 is 1.77 bits per heavy atom. The number of rotatable bonds is 2. The van der Waals surface area contributed by atoms with Gasteiger partial charge in [-0.25, -0.2) is 0 Å². The fraction of sp³-hybridized carbons (Fsp3) is 0.105. The fourth-order valence-electron chi connectivity index (χ4n) is 3.42. The predicted octanol–water partition coefficient (Wildman–Crippen LogP) is 6.16. The molecule has 0 aliphatic rings. The van der Waals surface area contributed by atoms with E-state index >= 15 is 0 Å². The third-order valence-electron chi connectivity index (χ3n) is 4.53. The van der Waals surface area contributed by atoms with Crippen LogP contribution in [0.2, 0.25) is 10.0 Å². The lowest BCUT2D eigenvalue weighted by atomic mass is 9.96. The topological polar surface area (TPSA) is 37.8 Å². The molecule has 4 rings (SSSR count). The van der Waals surface area contributed by atoms with Gasteiger partial charge in [-0.1, -0.05) is 35.3 Å². The highest BCUT2D eigenvalue weighted by Gasteiger charge is 2.21. The first-order valence-electron chi connectivity index (χ1n) is 7.78. The number of hydrogen-bond donors (Lipinski definition) is 1. The van der Waals surface area contributed by atoms with Crippen LogP contribution in [-0.4, -0.2) is 9.55 Å². The molecule has 0 atom stereocenters. The largest absolute Gasteiger partial charge is 0.320 e. The molecule has 1 N–H and O–H groups in total. The van der Waals surface area contributed by atoms with Crippen molar-refractivity contribution in [3.05, 3.63) is 68.4 Å². The summed E-state index contributed by atoms with van der Waals surface area (Å²) in [4.78, 5) is 14.2. The van der Waals surface area contributed by atoms with Crippen molar-refractivity contribution in [3.8, 4) is 11.1 Å². The standard InChI is InChI=1S/C19H12Cl2F2N2O/c1-9-11(12-3-2-10(20)8-14(12)21)4-6-15-17(9)13-5-7-16(26)24-18(13)25(15)19(22)23/h2-8,19H,1H3,(H,24,26). The van der Waals surface area contributed by atoms with Crippen LogP contribution in [0, 0.1) is 6.92 Å². The van der Waals surface area contributed by atoms with Crippen molar-refractivity contribution in [1.82, 2.24) is 9.55 Å². The minimum Gasteiger partial charge on any atom is -0.308 e. The zero-order chi connectivity index (χ0) is 18.6. The van der Waals surface area contributed by atoms with Crippen LogP contribution < -0.4 is 5.56 Å². The average Bonchev–Trinajstić information content (AvgIpc) is 2.90. The van der Waals surface area contributed by atoms with Crippen molar-refractivity contribution in [2.45, 2.75) is 13.5 Å². The zero-order valence-corrected chi connectivity index (χ0v) is 15.0. The maximum Gasteiger partial charge on any atom is 0.320 e. The Morgan fingerprint density at radius 3 is 2.46 bits per heavy atom. The summed E-state index contributed by atoms with van der Waals surface area (Å²) in [5, 5.41) is 2.21. The quantitative estimate of drug-likeness (QED) is 0.435. The van der Waals surface area contributed by atoms with E-state index in [2.05, 4.69) is 4.98 Å². The van der Waals surface area contributed by atoms with Crippen LogP contribution in [0.1, 0.15) is 12.1 Å². The van der Waals surface area contributed by atoms with Crippen molar-refractivity contribution in [3.63, 3.8) is 0 Å². The van der Waals surface area contributed by atoms with Crippen molar-refractivity contribution in [1.29, 1.82) is 0 Å². The van der Waals surface area contributed by atoms with Gasteiger partial charge in [0.15, 0.2) is 0 Å². The molecule has 0 fully saturated rings. The smallest absolute Gasteiger partial charge is 0.308 e. The average molecular weight is 393 g/mol. The maximum absolute atomic E-state index is 13.7. The van der Waals surface area contributed by atoms with E-state index in [0.29, 0.717) is 26.3 Å². The highest BCUT2D eigenvalue weighted by atomic mass is 35.5. The lowest BCUT2D eigenvalue weighted by Crippen LogP contribution is -2.06. The van der Waals surface area contributed by atoms with Crippen LogP contribution in [0.5, 0.6) is 0 Å². The van der Waals surface area contributed by atoms with Crippen LogP contribution in [-0.2, 0) is 0 Å². The number of hydrogen-bond acceptors (Lipinski definition) is 1. The highest BCUT2D eigenvalue weighted by Crippen LogP contribution is 2.39. The molecule has 26 heavy (non-hydrogen) atoms. The van der Waals surface area contributed by atoms with E-state index in [0.717, 1.165) is 21.3 Å². The number of fused-ring (bicyclic) bond motifs is 3. The molecule has 2 heterocycles. The summed E-state index contributed by atoms with van der Waals surface area (Å²) in [5.74, 6) is 0. The SMILES string of the molecule is Cc1c(-c2ccc(Cl)cc2Cl)ccc2c1c1ccc(=O)[nH]c1n2C(F)F. The molecule has 2 aromatic carbocycles. The third kappa shape index (κ3) is 2.50. The molecule has 2 aromatic heterocycles. The first-order chi connectivity index (χ1) is 12.4. The van der Waals surface area contributed by atoms with Crippen molar-refractivity contribution < 1.29 is 8.78 Å². The number of aromatic amines is 1. The van der Waals surface area contributed by atoms with Gasteiger partial charge in [-0.15, -0.1) is 0 Å². The molecule has 7 heteroatoms. The third-order valence-corrected chi connectivity index (χ3v) is 5.08. The van der Waals surface area contributed by atoms with Gasteiger partial charge in [-0.2, -0.15) is 8.78 Å². The minimum absolute atomic E-state index is 0.102. The summed E-state index contributed by atoms with van der Waals surface area (Å²) in [6, 6.07) is 11.4. The number of pyridine rings is 1. The second kappa shape index (κ2) is 6.11. The van der Waals surface area contributed by atoms with E-state index in [4.69, 9.17) is 23.2 Å². The second-order valence-electron chi connectivity index (χ2n) is 5.99. The number of aromatic nitrogens is 2. The first kappa shape index (κ1) is 17.1. The van der Waals surface area contributed by atoms with E-state index in [9.17, 15) is 13.6 Å². The predicted molar refractivity (Wildman–Crippen MR) is 102 cm³/mol. The first-order valence-corrected chi connectivity index (χ1v) is 8.54. The van der Waals surface area contributed by atoms with Crippen LogP contribution in [0.15, 0.2) is 47.3 Å². The van der Waals surface area contributed by atoms with Crippen molar-refractivity contribution in [2.75, 3.05) is 0 Å². The number of H-pyrrole nitrogens is 1. The van der Waals surface area contributed by atoms with Crippen LogP contribution in [0.25, 0.3) is 33.1 Å². The lowest BCUT2D eigenvalue weighted by Gasteiger charge is -2.11. The van der Waals surface area contributed by atoms with E-state index in [1.807, 2.05) is 6.92 Å². The van der Waals surface area contributed by atoms with Gasteiger partial charge in [0, 0.05) is 32.4 Å². The Kier molecular flexibility index (Phi) is 4.01. The van der Waals surface area contributed by atoms with Crippen LogP contribution >= 0.6 is 23.2 Å². The Hall–Kier alpha value is -2.37. The maximum atomic E-state index is 13.7. The summed E-state index contributed by atoms with van der Waals surface area (Å²) >= 11 is 12.3. The van der Waals surface area contributed by atoms with Gasteiger partial charge in [-0.05, 0) is 42.3 Å². The molecule has 0 unspecified atom stereocenters. The normalized spacial score (nSPS) is 11.8. The molecule has 3 nitrogen and oxygen atoms in total. The number of benzene rings is 2. The summed E-state index contributed by atoms with van der Waals surface area (Å²) in [7, 11) is 0.